The second kappa shape index (κ2) is 7.21. The molecule has 4 heteroatoms. The van der Waals surface area contributed by atoms with E-state index < -0.39 is 0 Å². The number of nitrogens with zero attached hydrogens (tertiary/aromatic N) is 1. The standard InChI is InChI=1S/C20H13Br2NO/c1-24-20-18(21)9-13(10-19(20)22)8-17(12-23)16-7-6-14-4-2-3-5-15(14)11-16/h2-11H,1H3/b17-8-. The van der Waals surface area contributed by atoms with Crippen molar-refractivity contribution in [2.24, 2.45) is 0 Å². The summed E-state index contributed by atoms with van der Waals surface area (Å²) in [7, 11) is 1.62. The van der Waals surface area contributed by atoms with Crippen LogP contribution in [0.1, 0.15) is 11.1 Å². The van der Waals surface area contributed by atoms with Crippen molar-refractivity contribution in [1.82, 2.24) is 0 Å². The van der Waals surface area contributed by atoms with Crippen LogP contribution in [0.3, 0.4) is 0 Å². The van der Waals surface area contributed by atoms with Crippen molar-refractivity contribution in [2.75, 3.05) is 7.11 Å². The number of fused-ring (bicyclic) bond motifs is 1. The lowest BCUT2D eigenvalue weighted by atomic mass is 10.0. The zero-order valence-electron chi connectivity index (χ0n) is 12.9. The summed E-state index contributed by atoms with van der Waals surface area (Å²) in [4.78, 5) is 0. The average molecular weight is 443 g/mol. The first-order valence-electron chi connectivity index (χ1n) is 7.26. The molecule has 0 fully saturated rings. The molecule has 24 heavy (non-hydrogen) atoms. The first-order valence-corrected chi connectivity index (χ1v) is 8.85. The monoisotopic (exact) mass is 441 g/mol. The summed E-state index contributed by atoms with van der Waals surface area (Å²) in [5.74, 6) is 0.733. The van der Waals surface area contributed by atoms with Gasteiger partial charge in [0.2, 0.25) is 0 Å². The lowest BCUT2D eigenvalue weighted by molar-refractivity contribution is 0.409. The van der Waals surface area contributed by atoms with Crippen molar-refractivity contribution >= 4 is 54.3 Å². The summed E-state index contributed by atoms with van der Waals surface area (Å²) in [6, 6.07) is 20.3. The van der Waals surface area contributed by atoms with Crippen LogP contribution in [0.5, 0.6) is 5.75 Å². The molecule has 0 unspecified atom stereocenters. The van der Waals surface area contributed by atoms with Crippen LogP contribution in [-0.2, 0) is 0 Å². The number of hydrogen-bond donors (Lipinski definition) is 0. The highest BCUT2D eigenvalue weighted by Gasteiger charge is 2.08. The molecule has 0 aromatic heterocycles. The molecule has 0 saturated heterocycles. The van der Waals surface area contributed by atoms with Crippen molar-refractivity contribution in [1.29, 1.82) is 5.26 Å². The quantitative estimate of drug-likeness (QED) is 0.345. The van der Waals surface area contributed by atoms with Gasteiger partial charge in [0.05, 0.1) is 27.7 Å². The second-order valence-electron chi connectivity index (χ2n) is 5.25. The molecule has 0 aliphatic carbocycles. The highest BCUT2D eigenvalue weighted by atomic mass is 79.9. The first-order chi connectivity index (χ1) is 11.6. The lowest BCUT2D eigenvalue weighted by Gasteiger charge is -2.08. The Morgan fingerprint density at radius 3 is 2.29 bits per heavy atom. The third kappa shape index (κ3) is 3.38. The van der Waals surface area contributed by atoms with Crippen LogP contribution >= 0.6 is 31.9 Å². The van der Waals surface area contributed by atoms with Crippen molar-refractivity contribution < 1.29 is 4.74 Å². The minimum atomic E-state index is 0.615. The SMILES string of the molecule is COc1c(Br)cc(/C=C(/C#N)c2ccc3ccccc3c2)cc1Br. The van der Waals surface area contributed by atoms with Gasteiger partial charge in [-0.3, -0.25) is 0 Å². The van der Waals surface area contributed by atoms with Gasteiger partial charge in [-0.2, -0.15) is 5.26 Å². The Balaban J connectivity index is 2.07. The third-order valence-corrected chi connectivity index (χ3v) is 4.89. The van der Waals surface area contributed by atoms with Crippen LogP contribution < -0.4 is 4.74 Å². The summed E-state index contributed by atoms with van der Waals surface area (Å²) >= 11 is 6.98. The normalized spacial score (nSPS) is 11.3. The van der Waals surface area contributed by atoms with Crippen molar-refractivity contribution in [3.8, 4) is 11.8 Å². The summed E-state index contributed by atoms with van der Waals surface area (Å²) in [5.41, 5.74) is 2.43. The maximum atomic E-state index is 9.59. The van der Waals surface area contributed by atoms with E-state index in [-0.39, 0.29) is 0 Å². The molecule has 0 spiro atoms. The fraction of sp³-hybridized carbons (Fsp3) is 0.0500. The molecule has 3 rings (SSSR count). The first kappa shape index (κ1) is 16.8. The van der Waals surface area contributed by atoms with E-state index in [9.17, 15) is 5.26 Å². The molecule has 0 aliphatic rings. The number of nitriles is 1. The maximum absolute atomic E-state index is 9.59. The van der Waals surface area contributed by atoms with Gasteiger partial charge in [-0.15, -0.1) is 0 Å². The fourth-order valence-electron chi connectivity index (χ4n) is 2.56. The van der Waals surface area contributed by atoms with Crippen molar-refractivity contribution in [3.63, 3.8) is 0 Å². The molecule has 0 aliphatic heterocycles. The van der Waals surface area contributed by atoms with Crippen LogP contribution in [-0.4, -0.2) is 7.11 Å². The zero-order valence-corrected chi connectivity index (χ0v) is 16.1. The molecule has 0 saturated carbocycles. The van der Waals surface area contributed by atoms with E-state index in [4.69, 9.17) is 4.74 Å². The number of methoxy groups -OCH3 is 1. The predicted octanol–water partition coefficient (Wildman–Crippen LogP) is 6.44. The fourth-order valence-corrected chi connectivity index (χ4v) is 4.11. The van der Waals surface area contributed by atoms with E-state index in [1.165, 1.54) is 0 Å². The van der Waals surface area contributed by atoms with Crippen LogP contribution in [0.15, 0.2) is 63.5 Å². The van der Waals surface area contributed by atoms with Crippen LogP contribution in [0.4, 0.5) is 0 Å². The molecule has 0 N–H and O–H groups in total. The number of allylic oxidation sites excluding steroid dienone is 1. The lowest BCUT2D eigenvalue weighted by Crippen LogP contribution is -1.88. The molecule has 3 aromatic carbocycles. The zero-order chi connectivity index (χ0) is 17.1. The molecule has 0 amide bonds. The largest absolute Gasteiger partial charge is 0.494 e. The molecule has 0 radical (unpaired) electrons. The van der Waals surface area contributed by atoms with Gasteiger partial charge in [0, 0.05) is 0 Å². The van der Waals surface area contributed by atoms with Crippen LogP contribution in [0.2, 0.25) is 0 Å². The van der Waals surface area contributed by atoms with Crippen molar-refractivity contribution in [2.45, 2.75) is 0 Å². The van der Waals surface area contributed by atoms with E-state index >= 15 is 0 Å². The molecule has 2 nitrogen and oxygen atoms in total. The van der Waals surface area contributed by atoms with Crippen LogP contribution in [0.25, 0.3) is 22.4 Å². The van der Waals surface area contributed by atoms with Gasteiger partial charge in [0.1, 0.15) is 5.75 Å². The maximum Gasteiger partial charge on any atom is 0.147 e. The second-order valence-corrected chi connectivity index (χ2v) is 6.96. The van der Waals surface area contributed by atoms with Gasteiger partial charge in [-0.1, -0.05) is 36.4 Å². The van der Waals surface area contributed by atoms with Gasteiger partial charge < -0.3 is 4.74 Å². The van der Waals surface area contributed by atoms with Gasteiger partial charge in [0.15, 0.2) is 0 Å². The highest BCUT2D eigenvalue weighted by Crippen LogP contribution is 2.35. The molecule has 3 aromatic rings. The Morgan fingerprint density at radius 2 is 1.67 bits per heavy atom. The number of hydrogen-bond acceptors (Lipinski definition) is 2. The Kier molecular flexibility index (Phi) is 5.03. The van der Waals surface area contributed by atoms with E-state index in [1.807, 2.05) is 54.6 Å². The molecule has 0 bridgehead atoms. The number of ether oxygens (including phenoxy) is 1. The smallest absolute Gasteiger partial charge is 0.147 e. The molecular weight excluding hydrogens is 430 g/mol. The summed E-state index contributed by atoms with van der Waals surface area (Å²) in [6.45, 7) is 0. The van der Waals surface area contributed by atoms with Gasteiger partial charge >= 0.3 is 0 Å². The molecule has 0 atom stereocenters. The predicted molar refractivity (Wildman–Crippen MR) is 106 cm³/mol. The summed E-state index contributed by atoms with van der Waals surface area (Å²) in [6.07, 6.45) is 1.87. The summed E-state index contributed by atoms with van der Waals surface area (Å²) in [5, 5.41) is 11.9. The van der Waals surface area contributed by atoms with E-state index in [2.05, 4.69) is 44.0 Å². The average Bonchev–Trinajstić information content (AvgIpc) is 2.59. The van der Waals surface area contributed by atoms with Gasteiger partial charge in [-0.25, -0.2) is 0 Å². The molecule has 0 heterocycles. The van der Waals surface area contributed by atoms with E-state index in [1.54, 1.807) is 7.11 Å². The van der Waals surface area contributed by atoms with Gasteiger partial charge in [-0.05, 0) is 78.0 Å². The Hall–Kier alpha value is -2.09. The Bertz CT molecular complexity index is 963. The van der Waals surface area contributed by atoms with E-state index in [0.717, 1.165) is 36.6 Å². The third-order valence-electron chi connectivity index (χ3n) is 3.72. The highest BCUT2D eigenvalue weighted by molar-refractivity contribution is 9.11. The number of benzene rings is 3. The van der Waals surface area contributed by atoms with E-state index in [0.29, 0.717) is 5.57 Å². The number of rotatable bonds is 3. The Labute approximate surface area is 157 Å². The minimum Gasteiger partial charge on any atom is -0.494 e. The summed E-state index contributed by atoms with van der Waals surface area (Å²) < 4.78 is 6.98. The minimum absolute atomic E-state index is 0.615. The Morgan fingerprint density at radius 1 is 1.00 bits per heavy atom. The van der Waals surface area contributed by atoms with Crippen molar-refractivity contribution in [3.05, 3.63) is 74.7 Å². The van der Waals surface area contributed by atoms with Crippen LogP contribution in [0, 0.1) is 11.3 Å². The number of halogens is 2. The molecular formula is C20H13Br2NO. The topological polar surface area (TPSA) is 33.0 Å². The van der Waals surface area contributed by atoms with Gasteiger partial charge in [0.25, 0.3) is 0 Å². The molecule has 118 valence electrons.